The maximum atomic E-state index is 11.8. The van der Waals surface area contributed by atoms with Crippen LogP contribution < -0.4 is 5.32 Å². The Morgan fingerprint density at radius 3 is 2.73 bits per heavy atom. The highest BCUT2D eigenvalue weighted by Gasteiger charge is 2.10. The number of rotatable bonds is 5. The molecule has 6 heteroatoms. The number of anilines is 1. The van der Waals surface area contributed by atoms with Gasteiger partial charge in [-0.25, -0.2) is 0 Å². The van der Waals surface area contributed by atoms with E-state index in [4.69, 9.17) is 4.42 Å². The molecule has 0 unspecified atom stereocenters. The third-order valence-electron chi connectivity index (χ3n) is 3.00. The van der Waals surface area contributed by atoms with Crippen molar-refractivity contribution in [2.45, 2.75) is 12.8 Å². The van der Waals surface area contributed by atoms with Crippen LogP contribution in [0.5, 0.6) is 0 Å². The van der Waals surface area contributed by atoms with Crippen LogP contribution in [0.4, 0.5) is 5.69 Å². The summed E-state index contributed by atoms with van der Waals surface area (Å²) in [4.78, 5) is 15.8. The van der Waals surface area contributed by atoms with Gasteiger partial charge in [-0.05, 0) is 24.3 Å². The van der Waals surface area contributed by atoms with Gasteiger partial charge in [0.05, 0.1) is 11.9 Å². The molecule has 1 N–H and O–H groups in total. The summed E-state index contributed by atoms with van der Waals surface area (Å²) in [7, 11) is 0. The largest absolute Gasteiger partial charge is 0.421 e. The highest BCUT2D eigenvalue weighted by Crippen LogP contribution is 2.17. The lowest BCUT2D eigenvalue weighted by Gasteiger charge is -2.02. The Hall–Kier alpha value is -3.02. The summed E-state index contributed by atoms with van der Waals surface area (Å²) in [5.74, 6) is 0.788. The molecule has 110 valence electrons. The van der Waals surface area contributed by atoms with Crippen LogP contribution in [0.25, 0.3) is 11.5 Å². The quantitative estimate of drug-likeness (QED) is 0.782. The van der Waals surface area contributed by atoms with Crippen molar-refractivity contribution >= 4 is 11.6 Å². The van der Waals surface area contributed by atoms with Crippen LogP contribution in [0.1, 0.15) is 12.3 Å². The van der Waals surface area contributed by atoms with Crippen LogP contribution in [0.15, 0.2) is 59.3 Å². The predicted octanol–water partition coefficient (Wildman–Crippen LogP) is 2.70. The zero-order chi connectivity index (χ0) is 15.2. The summed E-state index contributed by atoms with van der Waals surface area (Å²) in [6.45, 7) is 0. The van der Waals surface area contributed by atoms with Gasteiger partial charge in [-0.2, -0.15) is 0 Å². The van der Waals surface area contributed by atoms with E-state index in [1.165, 1.54) is 0 Å². The number of nitrogens with one attached hydrogen (secondary N) is 1. The highest BCUT2D eigenvalue weighted by molar-refractivity contribution is 5.90. The van der Waals surface area contributed by atoms with Crippen LogP contribution in [0.3, 0.4) is 0 Å². The maximum absolute atomic E-state index is 11.8. The molecule has 0 aliphatic rings. The monoisotopic (exact) mass is 294 g/mol. The Kier molecular flexibility index (Phi) is 4.20. The average molecular weight is 294 g/mol. The van der Waals surface area contributed by atoms with Gasteiger partial charge >= 0.3 is 0 Å². The van der Waals surface area contributed by atoms with Crippen molar-refractivity contribution in [1.29, 1.82) is 0 Å². The van der Waals surface area contributed by atoms with Crippen molar-refractivity contribution in [3.8, 4) is 11.5 Å². The fraction of sp³-hybridized carbons (Fsp3) is 0.125. The first-order valence-corrected chi connectivity index (χ1v) is 6.89. The summed E-state index contributed by atoms with van der Waals surface area (Å²) in [5.41, 5.74) is 1.53. The molecule has 0 saturated carbocycles. The van der Waals surface area contributed by atoms with Gasteiger partial charge in [-0.1, -0.05) is 18.2 Å². The first-order chi connectivity index (χ1) is 10.8. The van der Waals surface area contributed by atoms with E-state index in [-0.39, 0.29) is 12.3 Å². The van der Waals surface area contributed by atoms with Crippen LogP contribution in [-0.4, -0.2) is 21.1 Å². The number of pyridine rings is 1. The number of benzene rings is 1. The lowest BCUT2D eigenvalue weighted by Crippen LogP contribution is -2.12. The fourth-order valence-electron chi connectivity index (χ4n) is 1.93. The van der Waals surface area contributed by atoms with Gasteiger partial charge in [0, 0.05) is 24.6 Å². The van der Waals surface area contributed by atoms with Gasteiger partial charge < -0.3 is 9.73 Å². The van der Waals surface area contributed by atoms with E-state index in [2.05, 4.69) is 20.5 Å². The Morgan fingerprint density at radius 1 is 1.09 bits per heavy atom. The zero-order valence-electron chi connectivity index (χ0n) is 11.8. The van der Waals surface area contributed by atoms with Crippen molar-refractivity contribution in [2.24, 2.45) is 0 Å². The molecule has 2 aromatic heterocycles. The van der Waals surface area contributed by atoms with Crippen LogP contribution >= 0.6 is 0 Å². The number of hydrogen-bond donors (Lipinski definition) is 1. The van der Waals surface area contributed by atoms with E-state index in [1.807, 2.05) is 30.3 Å². The van der Waals surface area contributed by atoms with Crippen LogP contribution in [0, 0.1) is 0 Å². The predicted molar refractivity (Wildman–Crippen MR) is 80.9 cm³/mol. The third kappa shape index (κ3) is 3.54. The summed E-state index contributed by atoms with van der Waals surface area (Å²) < 4.78 is 5.56. The average Bonchev–Trinajstić information content (AvgIpc) is 3.04. The highest BCUT2D eigenvalue weighted by atomic mass is 16.4. The number of aromatic nitrogens is 3. The lowest BCUT2D eigenvalue weighted by molar-refractivity contribution is -0.116. The zero-order valence-corrected chi connectivity index (χ0v) is 11.8. The summed E-state index contributed by atoms with van der Waals surface area (Å²) in [6, 6.07) is 13.1. The summed E-state index contributed by atoms with van der Waals surface area (Å²) >= 11 is 0. The van der Waals surface area contributed by atoms with Gasteiger partial charge in [0.25, 0.3) is 0 Å². The molecule has 3 aromatic rings. The van der Waals surface area contributed by atoms with Crippen molar-refractivity contribution in [1.82, 2.24) is 15.2 Å². The van der Waals surface area contributed by atoms with Gasteiger partial charge in [0.1, 0.15) is 0 Å². The van der Waals surface area contributed by atoms with E-state index < -0.39 is 0 Å². The first-order valence-electron chi connectivity index (χ1n) is 6.89. The van der Waals surface area contributed by atoms with Gasteiger partial charge in [-0.15, -0.1) is 10.2 Å². The molecule has 0 radical (unpaired) electrons. The minimum Gasteiger partial charge on any atom is -0.421 e. The van der Waals surface area contributed by atoms with Crippen LogP contribution in [-0.2, 0) is 11.2 Å². The topological polar surface area (TPSA) is 80.9 Å². The molecule has 6 nitrogen and oxygen atoms in total. The molecule has 0 fully saturated rings. The number of carbonyl (C=O) groups is 1. The Balaban J connectivity index is 1.56. The minimum atomic E-state index is -0.118. The molecule has 3 rings (SSSR count). The lowest BCUT2D eigenvalue weighted by atomic mass is 10.2. The van der Waals surface area contributed by atoms with E-state index in [1.54, 1.807) is 24.5 Å². The van der Waals surface area contributed by atoms with E-state index in [0.717, 1.165) is 5.56 Å². The maximum Gasteiger partial charge on any atom is 0.247 e. The molecule has 0 aliphatic carbocycles. The van der Waals surface area contributed by atoms with Crippen molar-refractivity contribution in [3.63, 3.8) is 0 Å². The van der Waals surface area contributed by atoms with Crippen molar-refractivity contribution in [3.05, 3.63) is 60.7 Å². The number of aryl methyl sites for hydroxylation is 1. The van der Waals surface area contributed by atoms with Crippen molar-refractivity contribution in [2.75, 3.05) is 5.32 Å². The molecule has 1 amide bonds. The van der Waals surface area contributed by atoms with Crippen molar-refractivity contribution < 1.29 is 9.21 Å². The second-order valence-corrected chi connectivity index (χ2v) is 4.66. The molecule has 0 spiro atoms. The molecule has 22 heavy (non-hydrogen) atoms. The standard InChI is InChI=1S/C16H14N4O2/c21-14(18-13-7-4-10-17-11-13)8-9-15-19-20-16(22-15)12-5-2-1-3-6-12/h1-7,10-11H,8-9H2,(H,18,21). The molecule has 0 atom stereocenters. The molecule has 0 aliphatic heterocycles. The van der Waals surface area contributed by atoms with Gasteiger partial charge in [-0.3, -0.25) is 9.78 Å². The van der Waals surface area contributed by atoms with E-state index >= 15 is 0 Å². The van der Waals surface area contributed by atoms with Gasteiger partial charge in [0.2, 0.25) is 17.7 Å². The van der Waals surface area contributed by atoms with Gasteiger partial charge in [0.15, 0.2) is 0 Å². The molecule has 0 bridgehead atoms. The second-order valence-electron chi connectivity index (χ2n) is 4.66. The number of hydrogen-bond acceptors (Lipinski definition) is 5. The minimum absolute atomic E-state index is 0.118. The van der Waals surface area contributed by atoms with E-state index in [0.29, 0.717) is 23.9 Å². The Morgan fingerprint density at radius 2 is 1.95 bits per heavy atom. The molecule has 1 aromatic carbocycles. The molecule has 0 saturated heterocycles. The third-order valence-corrected chi connectivity index (χ3v) is 3.00. The van der Waals surface area contributed by atoms with Crippen LogP contribution in [0.2, 0.25) is 0 Å². The summed E-state index contributed by atoms with van der Waals surface area (Å²) in [6.07, 6.45) is 3.91. The van der Waals surface area contributed by atoms with E-state index in [9.17, 15) is 4.79 Å². The molecule has 2 heterocycles. The summed E-state index contributed by atoms with van der Waals surface area (Å²) in [5, 5.41) is 10.7. The fourth-order valence-corrected chi connectivity index (χ4v) is 1.93. The smallest absolute Gasteiger partial charge is 0.247 e. The Labute approximate surface area is 127 Å². The second kappa shape index (κ2) is 6.62. The molecular weight excluding hydrogens is 280 g/mol. The number of amides is 1. The normalized spacial score (nSPS) is 10.4. The first kappa shape index (κ1) is 13.9. The molecular formula is C16H14N4O2. The SMILES string of the molecule is O=C(CCc1nnc(-c2ccccc2)o1)Nc1cccnc1. The number of nitrogens with zero attached hydrogens (tertiary/aromatic N) is 3. The number of carbonyl (C=O) groups excluding carboxylic acids is 1. The Bertz CT molecular complexity index is 741.